The van der Waals surface area contributed by atoms with E-state index >= 15 is 0 Å². The van der Waals surface area contributed by atoms with Crippen LogP contribution < -0.4 is 10.6 Å². The SMILES string of the molecule is C[C@H](NC(=O)C1=CC2C=C(OP(=O)(O)O)C=CC2N1)c1nc(Cc2ccc(Cl)c(Cl)c2)no1. The maximum absolute atomic E-state index is 12.7. The topological polar surface area (TPSA) is 147 Å². The van der Waals surface area contributed by atoms with Crippen molar-refractivity contribution in [2.45, 2.75) is 25.4 Å². The number of nitrogens with zero attached hydrogens (tertiary/aromatic N) is 2. The number of fused-ring (bicyclic) bond motifs is 1. The van der Waals surface area contributed by atoms with E-state index in [4.69, 9.17) is 37.5 Å². The standard InChI is InChI=1S/C20H19Cl2N4O6P/c1-10(20-25-18(26-31-20)7-11-2-4-14(21)15(22)6-11)23-19(27)17-9-12-8-13(32-33(28,29)30)3-5-16(12)24-17/h2-6,8-10,12,16,24H,7H2,1H3,(H,23,27)(H2,28,29,30)/t10-,12?,16?/m0/s1. The van der Waals surface area contributed by atoms with Crippen LogP contribution >= 0.6 is 31.0 Å². The summed E-state index contributed by atoms with van der Waals surface area (Å²) < 4.78 is 20.9. The average molecular weight is 513 g/mol. The van der Waals surface area contributed by atoms with E-state index in [-0.39, 0.29) is 29.5 Å². The lowest BCUT2D eigenvalue weighted by Gasteiger charge is -2.19. The van der Waals surface area contributed by atoms with Crippen LogP contribution in [0.3, 0.4) is 0 Å². The normalized spacial score (nSPS) is 20.4. The van der Waals surface area contributed by atoms with E-state index < -0.39 is 13.9 Å². The van der Waals surface area contributed by atoms with E-state index in [0.717, 1.165) is 5.56 Å². The number of benzene rings is 1. The minimum atomic E-state index is -4.66. The van der Waals surface area contributed by atoms with Gasteiger partial charge in [0.15, 0.2) is 5.82 Å². The third kappa shape index (κ3) is 5.85. The Labute approximate surface area is 198 Å². The Morgan fingerprint density at radius 3 is 2.85 bits per heavy atom. The summed E-state index contributed by atoms with van der Waals surface area (Å²) in [4.78, 5) is 34.9. The predicted octanol–water partition coefficient (Wildman–Crippen LogP) is 3.18. The molecule has 1 amide bonds. The molecule has 4 N–H and O–H groups in total. The summed E-state index contributed by atoms with van der Waals surface area (Å²) in [5, 5.41) is 10.7. The van der Waals surface area contributed by atoms with Crippen molar-refractivity contribution in [2.24, 2.45) is 5.92 Å². The smallest absolute Gasteiger partial charge is 0.405 e. The third-order valence-corrected chi connectivity index (χ3v) is 6.13. The largest absolute Gasteiger partial charge is 0.524 e. The molecule has 3 atom stereocenters. The van der Waals surface area contributed by atoms with Gasteiger partial charge in [-0.25, -0.2) is 4.57 Å². The van der Waals surface area contributed by atoms with Crippen molar-refractivity contribution in [3.63, 3.8) is 0 Å². The van der Waals surface area contributed by atoms with E-state index in [1.165, 1.54) is 12.2 Å². The monoisotopic (exact) mass is 512 g/mol. The van der Waals surface area contributed by atoms with E-state index in [1.54, 1.807) is 31.2 Å². The van der Waals surface area contributed by atoms with Crippen LogP contribution in [0.1, 0.15) is 30.2 Å². The molecule has 10 nitrogen and oxygen atoms in total. The molecule has 4 rings (SSSR count). The summed E-state index contributed by atoms with van der Waals surface area (Å²) in [6.45, 7) is 1.71. The second-order valence-electron chi connectivity index (χ2n) is 7.51. The summed E-state index contributed by atoms with van der Waals surface area (Å²) in [6.07, 6.45) is 6.69. The van der Waals surface area contributed by atoms with E-state index in [2.05, 4.69) is 25.3 Å². The lowest BCUT2D eigenvalue weighted by molar-refractivity contribution is -0.118. The van der Waals surface area contributed by atoms with Crippen molar-refractivity contribution in [3.8, 4) is 0 Å². The number of hydrogen-bond acceptors (Lipinski definition) is 7. The minimum absolute atomic E-state index is 0.0398. The Bertz CT molecular complexity index is 1220. The molecule has 1 aliphatic heterocycles. The van der Waals surface area contributed by atoms with Gasteiger partial charge in [0.2, 0.25) is 5.89 Å². The van der Waals surface area contributed by atoms with Crippen molar-refractivity contribution in [2.75, 3.05) is 0 Å². The predicted molar refractivity (Wildman–Crippen MR) is 119 cm³/mol. The molecule has 2 aliphatic rings. The molecule has 1 aromatic carbocycles. The van der Waals surface area contributed by atoms with Gasteiger partial charge in [-0.1, -0.05) is 40.5 Å². The fourth-order valence-corrected chi connectivity index (χ4v) is 4.13. The van der Waals surface area contributed by atoms with Gasteiger partial charge in [0.25, 0.3) is 5.91 Å². The Morgan fingerprint density at radius 2 is 2.12 bits per heavy atom. The van der Waals surface area contributed by atoms with Crippen LogP contribution in [0.25, 0.3) is 0 Å². The zero-order valence-corrected chi connectivity index (χ0v) is 19.5. The molecule has 0 spiro atoms. The van der Waals surface area contributed by atoms with Crippen molar-refractivity contribution in [1.82, 2.24) is 20.8 Å². The van der Waals surface area contributed by atoms with Crippen LogP contribution in [0, 0.1) is 5.92 Å². The molecule has 0 radical (unpaired) electrons. The zero-order chi connectivity index (χ0) is 23.8. The van der Waals surface area contributed by atoms with Gasteiger partial charge in [-0.2, -0.15) is 4.98 Å². The summed E-state index contributed by atoms with van der Waals surface area (Å²) in [5.41, 5.74) is 1.17. The fourth-order valence-electron chi connectivity index (χ4n) is 3.41. The molecule has 0 bridgehead atoms. The van der Waals surface area contributed by atoms with Crippen LogP contribution in [0.4, 0.5) is 0 Å². The molecule has 2 unspecified atom stereocenters. The lowest BCUT2D eigenvalue weighted by atomic mass is 9.97. The van der Waals surface area contributed by atoms with Crippen molar-refractivity contribution < 1.29 is 28.2 Å². The maximum Gasteiger partial charge on any atom is 0.524 e. The molecule has 1 aliphatic carbocycles. The summed E-state index contributed by atoms with van der Waals surface area (Å²) >= 11 is 12.0. The summed E-state index contributed by atoms with van der Waals surface area (Å²) in [6, 6.07) is 4.44. The van der Waals surface area contributed by atoms with E-state index in [9.17, 15) is 9.36 Å². The van der Waals surface area contributed by atoms with Gasteiger partial charge in [-0.3, -0.25) is 14.6 Å². The fraction of sp³-hybridized carbons (Fsp3) is 0.250. The van der Waals surface area contributed by atoms with Gasteiger partial charge in [-0.05, 0) is 42.8 Å². The van der Waals surface area contributed by atoms with Crippen LogP contribution in [0.15, 0.2) is 58.5 Å². The molecule has 174 valence electrons. The number of amides is 1. The molecule has 2 heterocycles. The number of phosphoric ester groups is 1. The molecular formula is C20H19Cl2N4O6P. The Kier molecular flexibility index (Phi) is 6.65. The first-order valence-corrected chi connectivity index (χ1v) is 12.1. The molecule has 2 aromatic rings. The Hall–Kier alpha value is -2.62. The van der Waals surface area contributed by atoms with Gasteiger partial charge in [0, 0.05) is 12.3 Å². The molecule has 0 saturated carbocycles. The van der Waals surface area contributed by atoms with Gasteiger partial charge >= 0.3 is 7.82 Å². The molecular weight excluding hydrogens is 494 g/mol. The number of aromatic nitrogens is 2. The maximum atomic E-state index is 12.7. The number of rotatable bonds is 7. The molecule has 0 saturated heterocycles. The van der Waals surface area contributed by atoms with Crippen molar-refractivity contribution in [3.05, 3.63) is 81.3 Å². The Balaban J connectivity index is 1.37. The van der Waals surface area contributed by atoms with Gasteiger partial charge in [-0.15, -0.1) is 0 Å². The molecule has 0 fully saturated rings. The van der Waals surface area contributed by atoms with Crippen LogP contribution in [0.2, 0.25) is 10.0 Å². The number of phosphoric acid groups is 1. The zero-order valence-electron chi connectivity index (χ0n) is 17.1. The quantitative estimate of drug-likeness (QED) is 0.410. The molecule has 1 aromatic heterocycles. The number of nitrogens with one attached hydrogen (secondary N) is 2. The molecule has 33 heavy (non-hydrogen) atoms. The summed E-state index contributed by atoms with van der Waals surface area (Å²) in [7, 11) is -4.66. The first kappa shape index (κ1) is 23.5. The Morgan fingerprint density at radius 1 is 1.33 bits per heavy atom. The van der Waals surface area contributed by atoms with E-state index in [1.807, 2.05) is 6.07 Å². The average Bonchev–Trinajstić information content (AvgIpc) is 3.36. The first-order chi connectivity index (χ1) is 15.6. The number of carbonyl (C=O) groups excluding carboxylic acids is 1. The number of halogens is 2. The second kappa shape index (κ2) is 9.32. The second-order valence-corrected chi connectivity index (χ2v) is 9.49. The van der Waals surface area contributed by atoms with Gasteiger partial charge in [0.05, 0.1) is 21.8 Å². The first-order valence-electron chi connectivity index (χ1n) is 9.78. The lowest BCUT2D eigenvalue weighted by Crippen LogP contribution is -2.35. The van der Waals surface area contributed by atoms with Crippen LogP contribution in [-0.4, -0.2) is 31.9 Å². The van der Waals surface area contributed by atoms with Crippen LogP contribution in [-0.2, 0) is 20.3 Å². The summed E-state index contributed by atoms with van der Waals surface area (Å²) in [5.74, 6) is 0.0281. The minimum Gasteiger partial charge on any atom is -0.405 e. The number of carbonyl (C=O) groups is 1. The van der Waals surface area contributed by atoms with Crippen molar-refractivity contribution in [1.29, 1.82) is 0 Å². The number of hydrogen-bond donors (Lipinski definition) is 4. The van der Waals surface area contributed by atoms with Crippen molar-refractivity contribution >= 4 is 36.9 Å². The number of allylic oxidation sites excluding steroid dienone is 1. The van der Waals surface area contributed by atoms with Gasteiger partial charge < -0.3 is 19.7 Å². The van der Waals surface area contributed by atoms with E-state index in [0.29, 0.717) is 28.0 Å². The highest BCUT2D eigenvalue weighted by Crippen LogP contribution is 2.41. The highest BCUT2D eigenvalue weighted by Gasteiger charge is 2.31. The molecule has 13 heteroatoms. The highest BCUT2D eigenvalue weighted by atomic mass is 35.5. The van der Waals surface area contributed by atoms with Crippen LogP contribution in [0.5, 0.6) is 0 Å². The highest BCUT2D eigenvalue weighted by molar-refractivity contribution is 7.46. The van der Waals surface area contributed by atoms with Gasteiger partial charge in [0.1, 0.15) is 11.8 Å². The third-order valence-electron chi connectivity index (χ3n) is 4.94.